The van der Waals surface area contributed by atoms with Gasteiger partial charge in [-0.25, -0.2) is 0 Å². The number of halogens is 1. The molecule has 1 aromatic carbocycles. The molecular formula is C19H28ClN5O2. The molecule has 1 atom stereocenters. The number of hydrogen-bond acceptors (Lipinski definition) is 6. The molecule has 0 saturated carbocycles. The van der Waals surface area contributed by atoms with Crippen LogP contribution in [0.3, 0.4) is 0 Å². The summed E-state index contributed by atoms with van der Waals surface area (Å²) >= 11 is 0. The van der Waals surface area contributed by atoms with Gasteiger partial charge in [0.05, 0.1) is 6.04 Å². The zero-order valence-electron chi connectivity index (χ0n) is 15.9. The van der Waals surface area contributed by atoms with Crippen LogP contribution in [0.1, 0.15) is 24.8 Å². The normalized spacial score (nSPS) is 16.0. The summed E-state index contributed by atoms with van der Waals surface area (Å²) in [5.41, 5.74) is 7.85. The molecule has 1 unspecified atom stereocenters. The monoisotopic (exact) mass is 393 g/mol. The summed E-state index contributed by atoms with van der Waals surface area (Å²) in [6.07, 6.45) is 1.72. The summed E-state index contributed by atoms with van der Waals surface area (Å²) in [7, 11) is 0. The van der Waals surface area contributed by atoms with E-state index in [-0.39, 0.29) is 18.3 Å². The van der Waals surface area contributed by atoms with Gasteiger partial charge >= 0.3 is 0 Å². The van der Waals surface area contributed by atoms with Crippen LogP contribution in [0.4, 0.5) is 0 Å². The molecule has 148 valence electrons. The highest BCUT2D eigenvalue weighted by molar-refractivity contribution is 5.85. The molecule has 1 aliphatic heterocycles. The highest BCUT2D eigenvalue weighted by atomic mass is 35.5. The van der Waals surface area contributed by atoms with Crippen LogP contribution in [0.25, 0.3) is 11.4 Å². The number of aryl methyl sites for hydroxylation is 2. The third-order valence-corrected chi connectivity index (χ3v) is 4.72. The molecule has 1 aliphatic rings. The molecule has 1 fully saturated rings. The van der Waals surface area contributed by atoms with E-state index in [2.05, 4.69) is 22.0 Å². The van der Waals surface area contributed by atoms with E-state index in [1.54, 1.807) is 6.92 Å². The van der Waals surface area contributed by atoms with Gasteiger partial charge in [-0.15, -0.1) is 12.4 Å². The van der Waals surface area contributed by atoms with E-state index in [1.807, 2.05) is 29.2 Å². The van der Waals surface area contributed by atoms with Gasteiger partial charge in [0, 0.05) is 38.2 Å². The Morgan fingerprint density at radius 3 is 2.52 bits per heavy atom. The van der Waals surface area contributed by atoms with Crippen LogP contribution in [0, 0.1) is 6.92 Å². The van der Waals surface area contributed by atoms with Gasteiger partial charge in [0.25, 0.3) is 0 Å². The Hall–Kier alpha value is -1.96. The van der Waals surface area contributed by atoms with E-state index in [0.29, 0.717) is 11.7 Å². The lowest BCUT2D eigenvalue weighted by Gasteiger charge is -2.35. The van der Waals surface area contributed by atoms with Crippen LogP contribution in [0.5, 0.6) is 0 Å². The number of nitrogens with zero attached hydrogens (tertiary/aromatic N) is 4. The summed E-state index contributed by atoms with van der Waals surface area (Å²) in [5.74, 6) is 1.36. The minimum Gasteiger partial charge on any atom is -0.339 e. The first-order chi connectivity index (χ1) is 12.5. The molecule has 1 amide bonds. The van der Waals surface area contributed by atoms with Crippen molar-refractivity contribution < 1.29 is 9.32 Å². The molecule has 27 heavy (non-hydrogen) atoms. The number of rotatable bonds is 6. The number of hydrogen-bond donors (Lipinski definition) is 1. The molecule has 3 rings (SSSR count). The molecule has 7 nitrogen and oxygen atoms in total. The Labute approximate surface area is 166 Å². The molecule has 2 N–H and O–H groups in total. The number of nitrogens with two attached hydrogens (primary N) is 1. The first kappa shape index (κ1) is 21.3. The second-order valence-electron chi connectivity index (χ2n) is 6.94. The highest BCUT2D eigenvalue weighted by Crippen LogP contribution is 2.17. The minimum absolute atomic E-state index is 0. The number of carbonyl (C=O) groups excluding carboxylic acids is 1. The topological polar surface area (TPSA) is 88.5 Å². The second kappa shape index (κ2) is 9.82. The minimum atomic E-state index is -0.415. The quantitative estimate of drug-likeness (QED) is 0.806. The van der Waals surface area contributed by atoms with E-state index in [0.717, 1.165) is 51.1 Å². The average Bonchev–Trinajstić information content (AvgIpc) is 3.11. The third-order valence-electron chi connectivity index (χ3n) is 4.72. The fraction of sp³-hybridized carbons (Fsp3) is 0.526. The predicted molar refractivity (Wildman–Crippen MR) is 107 cm³/mol. The van der Waals surface area contributed by atoms with E-state index < -0.39 is 6.04 Å². The lowest BCUT2D eigenvalue weighted by atomic mass is 10.1. The lowest BCUT2D eigenvalue weighted by Crippen LogP contribution is -2.52. The molecule has 0 bridgehead atoms. The van der Waals surface area contributed by atoms with Crippen molar-refractivity contribution in [3.05, 3.63) is 35.7 Å². The van der Waals surface area contributed by atoms with Crippen molar-refractivity contribution in [2.24, 2.45) is 5.73 Å². The van der Waals surface area contributed by atoms with Crippen molar-refractivity contribution in [3.63, 3.8) is 0 Å². The van der Waals surface area contributed by atoms with Crippen LogP contribution < -0.4 is 5.73 Å². The third kappa shape index (κ3) is 5.76. The van der Waals surface area contributed by atoms with Crippen LogP contribution in [-0.4, -0.2) is 64.6 Å². The molecule has 1 saturated heterocycles. The summed E-state index contributed by atoms with van der Waals surface area (Å²) in [6.45, 7) is 8.02. The zero-order chi connectivity index (χ0) is 18.5. The van der Waals surface area contributed by atoms with Crippen LogP contribution in [0.2, 0.25) is 0 Å². The fourth-order valence-electron chi connectivity index (χ4n) is 3.11. The van der Waals surface area contributed by atoms with Crippen molar-refractivity contribution >= 4 is 18.3 Å². The fourth-order valence-corrected chi connectivity index (χ4v) is 3.11. The molecule has 0 radical (unpaired) electrons. The largest absolute Gasteiger partial charge is 0.339 e. The number of aromatic nitrogens is 2. The SMILES string of the molecule is Cc1ccc(-c2noc(CCCN3CCN(C(=O)C(C)N)CC3)n2)cc1.Cl. The molecule has 0 aliphatic carbocycles. The number of amides is 1. The van der Waals surface area contributed by atoms with Crippen molar-refractivity contribution in [1.82, 2.24) is 19.9 Å². The smallest absolute Gasteiger partial charge is 0.239 e. The van der Waals surface area contributed by atoms with Gasteiger partial charge in [0.2, 0.25) is 17.6 Å². The molecule has 2 heterocycles. The Morgan fingerprint density at radius 2 is 1.89 bits per heavy atom. The van der Waals surface area contributed by atoms with Crippen molar-refractivity contribution in [2.45, 2.75) is 32.7 Å². The van der Waals surface area contributed by atoms with Crippen molar-refractivity contribution in [2.75, 3.05) is 32.7 Å². The molecular weight excluding hydrogens is 366 g/mol. The predicted octanol–water partition coefficient (Wildman–Crippen LogP) is 1.89. The Bertz CT molecular complexity index is 724. The Morgan fingerprint density at radius 1 is 1.22 bits per heavy atom. The van der Waals surface area contributed by atoms with Gasteiger partial charge in [0.15, 0.2) is 0 Å². The first-order valence-electron chi connectivity index (χ1n) is 9.19. The van der Waals surface area contributed by atoms with E-state index >= 15 is 0 Å². The van der Waals surface area contributed by atoms with Crippen LogP contribution in [-0.2, 0) is 11.2 Å². The zero-order valence-corrected chi connectivity index (χ0v) is 16.7. The summed E-state index contributed by atoms with van der Waals surface area (Å²) in [6, 6.07) is 7.68. The maximum absolute atomic E-state index is 11.9. The van der Waals surface area contributed by atoms with Gasteiger partial charge in [-0.2, -0.15) is 4.98 Å². The maximum atomic E-state index is 11.9. The van der Waals surface area contributed by atoms with E-state index in [9.17, 15) is 4.79 Å². The molecule has 0 spiro atoms. The summed E-state index contributed by atoms with van der Waals surface area (Å²) < 4.78 is 5.37. The average molecular weight is 394 g/mol. The highest BCUT2D eigenvalue weighted by Gasteiger charge is 2.22. The van der Waals surface area contributed by atoms with Crippen molar-refractivity contribution in [3.8, 4) is 11.4 Å². The van der Waals surface area contributed by atoms with Gasteiger partial charge in [0.1, 0.15) is 0 Å². The molecule has 8 heteroatoms. The van der Waals surface area contributed by atoms with Gasteiger partial charge in [-0.1, -0.05) is 35.0 Å². The number of benzene rings is 1. The number of piperazine rings is 1. The number of carbonyl (C=O) groups is 1. The Kier molecular flexibility index (Phi) is 7.77. The Balaban J connectivity index is 0.00000261. The van der Waals surface area contributed by atoms with Crippen LogP contribution in [0.15, 0.2) is 28.8 Å². The van der Waals surface area contributed by atoms with Crippen molar-refractivity contribution in [1.29, 1.82) is 0 Å². The molecule has 2 aromatic rings. The van der Waals surface area contributed by atoms with Crippen LogP contribution >= 0.6 is 12.4 Å². The first-order valence-corrected chi connectivity index (χ1v) is 9.19. The molecule has 1 aromatic heterocycles. The lowest BCUT2D eigenvalue weighted by molar-refractivity contribution is -0.133. The summed E-state index contributed by atoms with van der Waals surface area (Å²) in [5, 5.41) is 4.07. The maximum Gasteiger partial charge on any atom is 0.239 e. The van der Waals surface area contributed by atoms with E-state index in [4.69, 9.17) is 10.3 Å². The summed E-state index contributed by atoms with van der Waals surface area (Å²) in [4.78, 5) is 20.6. The standard InChI is InChI=1S/C19H27N5O2.ClH/c1-14-5-7-16(8-6-14)18-21-17(26-22-18)4-3-9-23-10-12-24(13-11-23)19(25)15(2)20;/h5-8,15H,3-4,9-13,20H2,1-2H3;1H. The second-order valence-corrected chi connectivity index (χ2v) is 6.94. The van der Waals surface area contributed by atoms with Gasteiger partial charge in [-0.3, -0.25) is 9.69 Å². The van der Waals surface area contributed by atoms with Gasteiger partial charge < -0.3 is 15.2 Å². The van der Waals surface area contributed by atoms with Gasteiger partial charge in [-0.05, 0) is 26.8 Å². The van der Waals surface area contributed by atoms with E-state index in [1.165, 1.54) is 5.56 Å².